The number of nitrogens with zero attached hydrogens (tertiary/aromatic N) is 2. The third-order valence-corrected chi connectivity index (χ3v) is 4.88. The average Bonchev–Trinajstić information content (AvgIpc) is 2.73. The van der Waals surface area contributed by atoms with Gasteiger partial charge >= 0.3 is 6.18 Å². The van der Waals surface area contributed by atoms with Crippen LogP contribution >= 0.6 is 12.4 Å². The molecule has 1 aliphatic rings. The molecule has 0 spiro atoms. The molecule has 0 radical (unpaired) electrons. The zero-order valence-corrected chi connectivity index (χ0v) is 17.5. The van der Waals surface area contributed by atoms with Crippen LogP contribution in [0, 0.1) is 0 Å². The van der Waals surface area contributed by atoms with Crippen LogP contribution in [0.2, 0.25) is 0 Å². The fraction of sp³-hybridized carbons (Fsp3) is 0.429. The molecular weight excluding hydrogens is 421 g/mol. The SMILES string of the molecule is COc1ccc(OCC(O)CN2CCN(c3cccc(C(F)(F)F)c3)CC2)cc1.Cl. The Labute approximate surface area is 180 Å². The number of β-amino-alcohol motifs (C(OH)–C–C–N with tert-alkyl or cyclic N) is 1. The van der Waals surface area contributed by atoms with Crippen molar-refractivity contribution < 1.29 is 27.8 Å². The van der Waals surface area contributed by atoms with Crippen LogP contribution in [0.25, 0.3) is 0 Å². The molecule has 1 aliphatic heterocycles. The zero-order chi connectivity index (χ0) is 20.9. The molecule has 166 valence electrons. The molecule has 0 bridgehead atoms. The van der Waals surface area contributed by atoms with Gasteiger partial charge in [-0.05, 0) is 42.5 Å². The first-order chi connectivity index (χ1) is 13.8. The van der Waals surface area contributed by atoms with E-state index in [-0.39, 0.29) is 19.0 Å². The number of hydrogen-bond donors (Lipinski definition) is 1. The molecule has 0 amide bonds. The normalized spacial score (nSPS) is 16.0. The maximum Gasteiger partial charge on any atom is 0.416 e. The lowest BCUT2D eigenvalue weighted by atomic mass is 10.1. The van der Waals surface area contributed by atoms with E-state index in [4.69, 9.17) is 9.47 Å². The number of aliphatic hydroxyl groups excluding tert-OH is 1. The van der Waals surface area contributed by atoms with Gasteiger partial charge in [-0.25, -0.2) is 0 Å². The first-order valence-electron chi connectivity index (χ1n) is 9.44. The van der Waals surface area contributed by atoms with E-state index in [0.717, 1.165) is 11.8 Å². The van der Waals surface area contributed by atoms with Gasteiger partial charge in [0.25, 0.3) is 0 Å². The topological polar surface area (TPSA) is 45.2 Å². The molecule has 1 atom stereocenters. The molecule has 1 saturated heterocycles. The van der Waals surface area contributed by atoms with Crippen molar-refractivity contribution >= 4 is 18.1 Å². The van der Waals surface area contributed by atoms with Crippen molar-refractivity contribution in [3.8, 4) is 11.5 Å². The van der Waals surface area contributed by atoms with Crippen molar-refractivity contribution in [1.82, 2.24) is 4.90 Å². The highest BCUT2D eigenvalue weighted by Crippen LogP contribution is 2.31. The van der Waals surface area contributed by atoms with Gasteiger partial charge in [-0.1, -0.05) is 6.07 Å². The van der Waals surface area contributed by atoms with Gasteiger partial charge in [-0.3, -0.25) is 4.90 Å². The molecule has 1 heterocycles. The molecule has 5 nitrogen and oxygen atoms in total. The second-order valence-corrected chi connectivity index (χ2v) is 6.98. The number of rotatable bonds is 7. The van der Waals surface area contributed by atoms with E-state index in [0.29, 0.717) is 44.2 Å². The Hall–Kier alpha value is -2.16. The first-order valence-corrected chi connectivity index (χ1v) is 9.44. The number of alkyl halides is 3. The Kier molecular flexibility index (Phi) is 8.64. The Morgan fingerprint density at radius 2 is 1.63 bits per heavy atom. The second-order valence-electron chi connectivity index (χ2n) is 6.98. The lowest BCUT2D eigenvalue weighted by Gasteiger charge is -2.37. The summed E-state index contributed by atoms with van der Waals surface area (Å²) < 4.78 is 49.4. The minimum Gasteiger partial charge on any atom is -0.497 e. The predicted molar refractivity (Wildman–Crippen MR) is 112 cm³/mol. The van der Waals surface area contributed by atoms with Crippen LogP contribution in [0.15, 0.2) is 48.5 Å². The van der Waals surface area contributed by atoms with Crippen molar-refractivity contribution in [2.45, 2.75) is 12.3 Å². The standard InChI is InChI=1S/C21H25F3N2O3.ClH/c1-28-19-5-7-20(8-6-19)29-15-18(27)14-25-9-11-26(12-10-25)17-4-2-3-16(13-17)21(22,23)24;/h2-8,13,18,27H,9-12,14-15H2,1H3;1H. The molecule has 3 rings (SSSR count). The van der Waals surface area contributed by atoms with Crippen molar-refractivity contribution in [2.75, 3.05) is 51.3 Å². The van der Waals surface area contributed by atoms with E-state index in [2.05, 4.69) is 4.90 Å². The minimum atomic E-state index is -4.34. The highest BCUT2D eigenvalue weighted by molar-refractivity contribution is 5.85. The number of methoxy groups -OCH3 is 1. The van der Waals surface area contributed by atoms with Crippen LogP contribution in [0.1, 0.15) is 5.56 Å². The Bertz CT molecular complexity index is 782. The third kappa shape index (κ3) is 6.68. The van der Waals surface area contributed by atoms with E-state index >= 15 is 0 Å². The summed E-state index contributed by atoms with van der Waals surface area (Å²) in [4.78, 5) is 4.03. The summed E-state index contributed by atoms with van der Waals surface area (Å²) in [5.41, 5.74) is -0.0635. The van der Waals surface area contributed by atoms with Crippen LogP contribution in [-0.4, -0.2) is 62.6 Å². The maximum absolute atomic E-state index is 12.9. The van der Waals surface area contributed by atoms with Crippen molar-refractivity contribution in [2.24, 2.45) is 0 Å². The molecule has 1 N–H and O–H groups in total. The smallest absolute Gasteiger partial charge is 0.416 e. The zero-order valence-electron chi connectivity index (χ0n) is 16.6. The molecule has 0 saturated carbocycles. The molecule has 0 aliphatic carbocycles. The minimum absolute atomic E-state index is 0. The predicted octanol–water partition coefficient (Wildman–Crippen LogP) is 3.70. The largest absolute Gasteiger partial charge is 0.497 e. The number of benzene rings is 2. The van der Waals surface area contributed by atoms with Crippen LogP contribution in [0.3, 0.4) is 0 Å². The maximum atomic E-state index is 12.9. The summed E-state index contributed by atoms with van der Waals surface area (Å²) in [6.45, 7) is 3.15. The van der Waals surface area contributed by atoms with Crippen molar-refractivity contribution in [3.63, 3.8) is 0 Å². The molecule has 9 heteroatoms. The van der Waals surface area contributed by atoms with Gasteiger partial charge < -0.3 is 19.5 Å². The van der Waals surface area contributed by atoms with E-state index in [9.17, 15) is 18.3 Å². The fourth-order valence-electron chi connectivity index (χ4n) is 3.28. The monoisotopic (exact) mass is 446 g/mol. The number of hydrogen-bond acceptors (Lipinski definition) is 5. The van der Waals surface area contributed by atoms with Gasteiger partial charge in [0, 0.05) is 38.4 Å². The number of halogens is 4. The summed E-state index contributed by atoms with van der Waals surface area (Å²) in [5.74, 6) is 1.38. The van der Waals surface area contributed by atoms with Crippen molar-refractivity contribution in [3.05, 3.63) is 54.1 Å². The van der Waals surface area contributed by atoms with E-state index in [1.54, 1.807) is 37.4 Å². The summed E-state index contributed by atoms with van der Waals surface area (Å²) in [7, 11) is 1.59. The van der Waals surface area contributed by atoms with Gasteiger partial charge in [0.05, 0.1) is 12.7 Å². The Morgan fingerprint density at radius 3 is 2.23 bits per heavy atom. The first kappa shape index (κ1) is 24.1. The molecule has 1 fully saturated rings. The summed E-state index contributed by atoms with van der Waals surface area (Å²) in [6, 6.07) is 12.5. The molecule has 2 aromatic rings. The van der Waals surface area contributed by atoms with Gasteiger partial charge in [-0.15, -0.1) is 12.4 Å². The number of anilines is 1. The second kappa shape index (κ2) is 10.7. The van der Waals surface area contributed by atoms with Gasteiger partial charge in [0.15, 0.2) is 0 Å². The molecule has 2 aromatic carbocycles. The van der Waals surface area contributed by atoms with E-state index < -0.39 is 17.8 Å². The highest BCUT2D eigenvalue weighted by atomic mass is 35.5. The van der Waals surface area contributed by atoms with Gasteiger partial charge in [0.1, 0.15) is 24.2 Å². The summed E-state index contributed by atoms with van der Waals surface area (Å²) in [6.07, 6.45) is -5.00. The van der Waals surface area contributed by atoms with E-state index in [1.807, 2.05) is 4.90 Å². The summed E-state index contributed by atoms with van der Waals surface area (Å²) >= 11 is 0. The number of aliphatic hydroxyl groups is 1. The molecule has 30 heavy (non-hydrogen) atoms. The lowest BCUT2D eigenvalue weighted by Crippen LogP contribution is -2.49. The molecule has 1 unspecified atom stereocenters. The Morgan fingerprint density at radius 1 is 1.00 bits per heavy atom. The average molecular weight is 447 g/mol. The molecule has 0 aromatic heterocycles. The number of piperazine rings is 1. The molecular formula is C21H26ClF3N2O3. The van der Waals surface area contributed by atoms with Crippen LogP contribution in [0.5, 0.6) is 11.5 Å². The van der Waals surface area contributed by atoms with E-state index in [1.165, 1.54) is 12.1 Å². The van der Waals surface area contributed by atoms with Crippen LogP contribution in [0.4, 0.5) is 18.9 Å². The highest BCUT2D eigenvalue weighted by Gasteiger charge is 2.31. The van der Waals surface area contributed by atoms with Crippen LogP contribution < -0.4 is 14.4 Å². The van der Waals surface area contributed by atoms with Crippen LogP contribution in [-0.2, 0) is 6.18 Å². The fourth-order valence-corrected chi connectivity index (χ4v) is 3.28. The lowest BCUT2D eigenvalue weighted by molar-refractivity contribution is -0.137. The van der Waals surface area contributed by atoms with Crippen molar-refractivity contribution in [1.29, 1.82) is 0 Å². The number of ether oxygens (including phenoxy) is 2. The quantitative estimate of drug-likeness (QED) is 0.702. The van der Waals surface area contributed by atoms with Gasteiger partial charge in [-0.2, -0.15) is 13.2 Å². The summed E-state index contributed by atoms with van der Waals surface area (Å²) in [5, 5.41) is 10.2. The third-order valence-electron chi connectivity index (χ3n) is 4.88. The van der Waals surface area contributed by atoms with Gasteiger partial charge in [0.2, 0.25) is 0 Å². The Balaban J connectivity index is 0.00000320.